The number of carbonyl (C=O) groups is 2. The minimum Gasteiger partial charge on any atom is -0.322 e. The molecule has 0 radical (unpaired) electrons. The summed E-state index contributed by atoms with van der Waals surface area (Å²) in [6.07, 6.45) is 1.21. The molecule has 3 aromatic rings. The fraction of sp³-hybridized carbons (Fsp3) is 0.304. The zero-order chi connectivity index (χ0) is 23.4. The molecule has 1 aliphatic rings. The van der Waals surface area contributed by atoms with E-state index in [9.17, 15) is 18.0 Å². The van der Waals surface area contributed by atoms with Crippen molar-refractivity contribution in [3.8, 4) is 0 Å². The molecule has 1 N–H and O–H groups in total. The number of anilines is 1. The van der Waals surface area contributed by atoms with E-state index in [0.29, 0.717) is 34.8 Å². The van der Waals surface area contributed by atoms with E-state index in [-0.39, 0.29) is 34.9 Å². The summed E-state index contributed by atoms with van der Waals surface area (Å²) in [5, 5.41) is 11.8. The van der Waals surface area contributed by atoms with Gasteiger partial charge in [-0.05, 0) is 48.7 Å². The van der Waals surface area contributed by atoms with Gasteiger partial charge in [0.2, 0.25) is 0 Å². The minimum atomic E-state index is -2.93. The number of amides is 1. The van der Waals surface area contributed by atoms with Gasteiger partial charge in [0.15, 0.2) is 20.8 Å². The topological polar surface area (TPSA) is 111 Å². The first kappa shape index (κ1) is 23.2. The lowest BCUT2D eigenvalue weighted by Gasteiger charge is -2.08. The van der Waals surface area contributed by atoms with E-state index in [0.717, 1.165) is 5.82 Å². The van der Waals surface area contributed by atoms with Crippen molar-refractivity contribution in [3.63, 3.8) is 0 Å². The van der Waals surface area contributed by atoms with Gasteiger partial charge in [0.25, 0.3) is 5.91 Å². The second-order valence-corrected chi connectivity index (χ2v) is 11.2. The molecule has 33 heavy (non-hydrogen) atoms. The fourth-order valence-corrected chi connectivity index (χ4v) is 6.37. The molecule has 4 rings (SSSR count). The Bertz CT molecular complexity index is 1260. The first-order valence-corrected chi connectivity index (χ1v) is 13.3. The minimum absolute atomic E-state index is 0.0626. The average Bonchev–Trinajstić information content (AvgIpc) is 3.34. The molecule has 2 aromatic carbocycles. The normalized spacial score (nSPS) is 17.1. The molecule has 0 aliphatic carbocycles. The number of nitrogens with one attached hydrogen (secondary N) is 1. The molecule has 0 saturated carbocycles. The Morgan fingerprint density at radius 1 is 1.06 bits per heavy atom. The van der Waals surface area contributed by atoms with Crippen molar-refractivity contribution in [2.24, 2.45) is 13.0 Å². The Kier molecular flexibility index (Phi) is 6.94. The number of hydrogen-bond donors (Lipinski definition) is 1. The molecule has 172 valence electrons. The van der Waals surface area contributed by atoms with E-state index in [2.05, 4.69) is 15.5 Å². The van der Waals surface area contributed by atoms with Crippen LogP contribution in [-0.4, -0.2) is 52.1 Å². The number of thioether (sulfide) groups is 1. The van der Waals surface area contributed by atoms with Crippen LogP contribution in [0.2, 0.25) is 0 Å². The van der Waals surface area contributed by atoms with E-state index in [1.54, 1.807) is 48.5 Å². The Balaban J connectivity index is 1.31. The highest BCUT2D eigenvalue weighted by Crippen LogP contribution is 2.24. The lowest BCUT2D eigenvalue weighted by molar-refractivity contribution is 0.101. The third-order valence-electron chi connectivity index (χ3n) is 5.56. The molecule has 0 bridgehead atoms. The number of aromatic nitrogens is 3. The van der Waals surface area contributed by atoms with Gasteiger partial charge in [0.1, 0.15) is 5.82 Å². The van der Waals surface area contributed by atoms with Crippen LogP contribution in [0.1, 0.15) is 33.0 Å². The van der Waals surface area contributed by atoms with E-state index in [4.69, 9.17) is 0 Å². The van der Waals surface area contributed by atoms with Gasteiger partial charge in [0.05, 0.1) is 17.3 Å². The van der Waals surface area contributed by atoms with Gasteiger partial charge in [-0.15, -0.1) is 10.2 Å². The monoisotopic (exact) mass is 484 g/mol. The van der Waals surface area contributed by atoms with Crippen molar-refractivity contribution in [1.82, 2.24) is 14.8 Å². The van der Waals surface area contributed by atoms with Crippen molar-refractivity contribution >= 4 is 39.0 Å². The van der Waals surface area contributed by atoms with E-state index in [1.807, 2.05) is 17.7 Å². The Morgan fingerprint density at radius 2 is 1.79 bits per heavy atom. The molecule has 1 saturated heterocycles. The van der Waals surface area contributed by atoms with E-state index < -0.39 is 9.84 Å². The molecular weight excluding hydrogens is 460 g/mol. The molecule has 1 aliphatic heterocycles. The van der Waals surface area contributed by atoms with Crippen molar-refractivity contribution < 1.29 is 18.0 Å². The third kappa shape index (κ3) is 5.88. The van der Waals surface area contributed by atoms with Gasteiger partial charge in [-0.3, -0.25) is 9.59 Å². The number of benzene rings is 2. The van der Waals surface area contributed by atoms with Crippen LogP contribution in [0.25, 0.3) is 0 Å². The van der Waals surface area contributed by atoms with Crippen molar-refractivity contribution in [2.45, 2.75) is 18.0 Å². The van der Waals surface area contributed by atoms with Crippen LogP contribution in [0, 0.1) is 5.92 Å². The van der Waals surface area contributed by atoms with Crippen molar-refractivity contribution in [3.05, 3.63) is 71.5 Å². The van der Waals surface area contributed by atoms with Crippen LogP contribution in [-0.2, 0) is 23.3 Å². The highest BCUT2D eigenvalue weighted by atomic mass is 32.2. The molecule has 1 fully saturated rings. The smallest absolute Gasteiger partial charge is 0.255 e. The zero-order valence-corrected chi connectivity index (χ0v) is 19.7. The summed E-state index contributed by atoms with van der Waals surface area (Å²) in [6, 6.07) is 15.7. The van der Waals surface area contributed by atoms with Crippen molar-refractivity contribution in [1.29, 1.82) is 0 Å². The molecule has 0 unspecified atom stereocenters. The van der Waals surface area contributed by atoms with Gasteiger partial charge in [0, 0.05) is 30.3 Å². The lowest BCUT2D eigenvalue weighted by Crippen LogP contribution is -2.12. The zero-order valence-electron chi connectivity index (χ0n) is 18.1. The van der Waals surface area contributed by atoms with Crippen molar-refractivity contribution in [2.75, 3.05) is 22.6 Å². The maximum absolute atomic E-state index is 12.6. The number of hydrogen-bond acceptors (Lipinski definition) is 7. The van der Waals surface area contributed by atoms with E-state index >= 15 is 0 Å². The molecule has 1 aromatic heterocycles. The number of sulfone groups is 1. The van der Waals surface area contributed by atoms with Crippen LogP contribution in [0.15, 0.2) is 59.8 Å². The summed E-state index contributed by atoms with van der Waals surface area (Å²) in [5.74, 6) is 1.15. The maximum atomic E-state index is 12.6. The number of ketones is 1. The van der Waals surface area contributed by atoms with Gasteiger partial charge in [-0.1, -0.05) is 30.0 Å². The van der Waals surface area contributed by atoms with Crippen LogP contribution < -0.4 is 5.32 Å². The Morgan fingerprint density at radius 3 is 2.45 bits per heavy atom. The summed E-state index contributed by atoms with van der Waals surface area (Å²) >= 11 is 1.29. The Labute approximate surface area is 196 Å². The van der Waals surface area contributed by atoms with Crippen LogP contribution in [0.3, 0.4) is 0 Å². The molecule has 8 nitrogen and oxygen atoms in total. The average molecular weight is 485 g/mol. The number of Topliss-reactive ketones (excluding diaryl/α,β-unsaturated/α-hetero) is 1. The molecule has 1 atom stereocenters. The molecule has 1 amide bonds. The van der Waals surface area contributed by atoms with Crippen LogP contribution in [0.5, 0.6) is 0 Å². The quantitative estimate of drug-likeness (QED) is 0.386. The fourth-order valence-electron chi connectivity index (χ4n) is 3.69. The standard InChI is InChI=1S/C23H24N4O4S2/c1-27-21(13-16-11-12-33(30,31)15-16)25-26-23(27)32-14-20(28)17-7-9-19(10-8-17)24-22(29)18-5-3-2-4-6-18/h2-10,16H,11-15H2,1H3,(H,24,29)/t16-/m0/s1. The number of nitrogens with zero attached hydrogens (tertiary/aromatic N) is 3. The summed E-state index contributed by atoms with van der Waals surface area (Å²) in [7, 11) is -1.10. The van der Waals surface area contributed by atoms with Gasteiger partial charge in [-0.2, -0.15) is 0 Å². The van der Waals surface area contributed by atoms with Crippen LogP contribution in [0.4, 0.5) is 5.69 Å². The van der Waals surface area contributed by atoms with E-state index in [1.165, 1.54) is 11.8 Å². The van der Waals surface area contributed by atoms with Gasteiger partial charge >= 0.3 is 0 Å². The second-order valence-electron chi connectivity index (χ2n) is 8.04. The SMILES string of the molecule is Cn1c(C[C@@H]2CCS(=O)(=O)C2)nnc1SCC(=O)c1ccc(NC(=O)c2ccccc2)cc1. The third-order valence-corrected chi connectivity index (χ3v) is 8.41. The molecule has 10 heteroatoms. The van der Waals surface area contributed by atoms with Crippen LogP contribution >= 0.6 is 11.8 Å². The maximum Gasteiger partial charge on any atom is 0.255 e. The highest BCUT2D eigenvalue weighted by Gasteiger charge is 2.29. The number of rotatable bonds is 8. The predicted molar refractivity (Wildman–Crippen MR) is 127 cm³/mol. The largest absolute Gasteiger partial charge is 0.322 e. The number of carbonyl (C=O) groups excluding carboxylic acids is 2. The molecule has 0 spiro atoms. The van der Waals surface area contributed by atoms with Gasteiger partial charge < -0.3 is 9.88 Å². The van der Waals surface area contributed by atoms with Gasteiger partial charge in [-0.25, -0.2) is 8.42 Å². The summed E-state index contributed by atoms with van der Waals surface area (Å²) in [4.78, 5) is 24.8. The molecular formula is C23H24N4O4S2. The predicted octanol–water partition coefficient (Wildman–Crippen LogP) is 3.02. The summed E-state index contributed by atoms with van der Waals surface area (Å²) in [5.41, 5.74) is 1.71. The summed E-state index contributed by atoms with van der Waals surface area (Å²) in [6.45, 7) is 0. The lowest BCUT2D eigenvalue weighted by atomic mass is 10.1. The Hall–Kier alpha value is -2.98. The first-order valence-electron chi connectivity index (χ1n) is 10.5. The summed E-state index contributed by atoms with van der Waals surface area (Å²) < 4.78 is 25.2. The highest BCUT2D eigenvalue weighted by molar-refractivity contribution is 7.99. The first-order chi connectivity index (χ1) is 15.8. The second kappa shape index (κ2) is 9.88. The molecule has 2 heterocycles.